The number of halogens is 1. The first-order valence-corrected chi connectivity index (χ1v) is 10.7. The molecule has 0 N–H and O–H groups in total. The Bertz CT molecular complexity index is 1060. The summed E-state index contributed by atoms with van der Waals surface area (Å²) in [4.78, 5) is 12.2. The second-order valence-electron chi connectivity index (χ2n) is 6.83. The maximum absolute atomic E-state index is 13.9. The second kappa shape index (κ2) is 8.11. The zero-order chi connectivity index (χ0) is 21.3. The summed E-state index contributed by atoms with van der Waals surface area (Å²) in [6.07, 6.45) is -0.692. The Hall–Kier alpha value is -2.85. The summed E-state index contributed by atoms with van der Waals surface area (Å²) in [5.74, 6) is -0.525. The summed E-state index contributed by atoms with van der Waals surface area (Å²) in [6.45, 7) is 0.555. The average Bonchev–Trinajstić information content (AvgIpc) is 3.19. The van der Waals surface area contributed by atoms with Crippen LogP contribution < -0.4 is 14.2 Å². The first kappa shape index (κ1) is 20.4. The number of carbonyl (C=O) groups is 1. The van der Waals surface area contributed by atoms with Gasteiger partial charge < -0.3 is 18.9 Å². The van der Waals surface area contributed by atoms with Crippen molar-refractivity contribution in [2.75, 3.05) is 26.9 Å². The van der Waals surface area contributed by atoms with E-state index in [0.717, 1.165) is 4.31 Å². The van der Waals surface area contributed by atoms with E-state index in [1.54, 1.807) is 6.07 Å². The summed E-state index contributed by atoms with van der Waals surface area (Å²) in [5.41, 5.74) is 0. The first-order chi connectivity index (χ1) is 14.4. The van der Waals surface area contributed by atoms with E-state index in [1.807, 2.05) is 0 Å². The SMILES string of the molecule is COC(=O)C1CC(Oc2ccccc2F)CN1S(=O)(=O)c1ccc2c(c1)OCCO2. The zero-order valence-corrected chi connectivity index (χ0v) is 16.9. The van der Waals surface area contributed by atoms with E-state index in [1.165, 1.54) is 43.5 Å². The Morgan fingerprint density at radius 1 is 1.13 bits per heavy atom. The van der Waals surface area contributed by atoms with E-state index >= 15 is 0 Å². The monoisotopic (exact) mass is 437 g/mol. The number of esters is 1. The predicted octanol–water partition coefficient (Wildman–Crippen LogP) is 1.98. The Labute approximate surface area is 173 Å². The van der Waals surface area contributed by atoms with Crippen molar-refractivity contribution >= 4 is 16.0 Å². The van der Waals surface area contributed by atoms with E-state index in [-0.39, 0.29) is 23.6 Å². The number of nitrogens with zero attached hydrogens (tertiary/aromatic N) is 1. The van der Waals surface area contributed by atoms with Gasteiger partial charge in [0, 0.05) is 12.5 Å². The highest BCUT2D eigenvalue weighted by atomic mass is 32.2. The van der Waals surface area contributed by atoms with E-state index in [0.29, 0.717) is 24.7 Å². The molecule has 2 aliphatic heterocycles. The van der Waals surface area contributed by atoms with Crippen molar-refractivity contribution in [1.29, 1.82) is 0 Å². The molecule has 2 heterocycles. The molecule has 2 aliphatic rings. The van der Waals surface area contributed by atoms with Crippen molar-refractivity contribution < 1.29 is 36.6 Å². The van der Waals surface area contributed by atoms with Crippen LogP contribution in [0.25, 0.3) is 0 Å². The van der Waals surface area contributed by atoms with Crippen LogP contribution in [-0.4, -0.2) is 57.7 Å². The van der Waals surface area contributed by atoms with Gasteiger partial charge in [0.05, 0.1) is 18.6 Å². The molecule has 0 spiro atoms. The van der Waals surface area contributed by atoms with Crippen LogP contribution in [0.1, 0.15) is 6.42 Å². The zero-order valence-electron chi connectivity index (χ0n) is 16.1. The van der Waals surface area contributed by atoms with Crippen LogP contribution in [0.3, 0.4) is 0 Å². The molecule has 2 aromatic carbocycles. The first-order valence-electron chi connectivity index (χ1n) is 9.30. The lowest BCUT2D eigenvalue weighted by Crippen LogP contribution is -2.41. The molecule has 0 aromatic heterocycles. The lowest BCUT2D eigenvalue weighted by molar-refractivity contribution is -0.144. The number of benzene rings is 2. The summed E-state index contributed by atoms with van der Waals surface area (Å²) in [7, 11) is -2.91. The molecule has 1 saturated heterocycles. The standard InChI is InChI=1S/C20H20FNO7S/c1-26-20(23)16-10-13(29-17-5-3-2-4-15(17)21)12-22(16)30(24,25)14-6-7-18-19(11-14)28-9-8-27-18/h2-7,11,13,16H,8-10,12H2,1H3. The molecule has 0 amide bonds. The third-order valence-electron chi connectivity index (χ3n) is 4.94. The number of hydrogen-bond donors (Lipinski definition) is 0. The molecule has 1 fully saturated rings. The Balaban J connectivity index is 1.63. The van der Waals surface area contributed by atoms with Crippen LogP contribution in [0.4, 0.5) is 4.39 Å². The minimum absolute atomic E-state index is 0.00954. The van der Waals surface area contributed by atoms with Crippen molar-refractivity contribution in [3.63, 3.8) is 0 Å². The molecular formula is C20H20FNO7S. The van der Waals surface area contributed by atoms with Gasteiger partial charge in [-0.3, -0.25) is 4.79 Å². The lowest BCUT2D eigenvalue weighted by Gasteiger charge is -2.23. The van der Waals surface area contributed by atoms with Crippen LogP contribution in [0, 0.1) is 5.82 Å². The minimum atomic E-state index is -4.09. The maximum Gasteiger partial charge on any atom is 0.324 e. The molecule has 0 radical (unpaired) electrons. The molecule has 2 unspecified atom stereocenters. The van der Waals surface area contributed by atoms with Gasteiger partial charge in [-0.15, -0.1) is 0 Å². The normalized spacial score (nSPS) is 21.3. The van der Waals surface area contributed by atoms with Gasteiger partial charge in [0.1, 0.15) is 25.4 Å². The van der Waals surface area contributed by atoms with Gasteiger partial charge in [0.2, 0.25) is 10.0 Å². The molecule has 0 aliphatic carbocycles. The molecule has 2 atom stereocenters. The molecule has 8 nitrogen and oxygen atoms in total. The Morgan fingerprint density at radius 2 is 1.87 bits per heavy atom. The highest BCUT2D eigenvalue weighted by molar-refractivity contribution is 7.89. The van der Waals surface area contributed by atoms with Crippen LogP contribution in [0.2, 0.25) is 0 Å². The van der Waals surface area contributed by atoms with E-state index in [9.17, 15) is 17.6 Å². The predicted molar refractivity (Wildman–Crippen MR) is 103 cm³/mol. The van der Waals surface area contributed by atoms with E-state index < -0.39 is 34.0 Å². The Kier molecular flexibility index (Phi) is 5.52. The number of fused-ring (bicyclic) bond motifs is 1. The summed E-state index contributed by atoms with van der Waals surface area (Å²) in [5, 5.41) is 0. The second-order valence-corrected chi connectivity index (χ2v) is 8.72. The summed E-state index contributed by atoms with van der Waals surface area (Å²) >= 11 is 0. The molecule has 0 bridgehead atoms. The quantitative estimate of drug-likeness (QED) is 0.661. The van der Waals surface area contributed by atoms with Crippen molar-refractivity contribution in [3.8, 4) is 17.2 Å². The fourth-order valence-corrected chi connectivity index (χ4v) is 5.15. The lowest BCUT2D eigenvalue weighted by atomic mass is 10.2. The smallest absolute Gasteiger partial charge is 0.324 e. The van der Waals surface area contributed by atoms with Crippen LogP contribution in [0.5, 0.6) is 17.2 Å². The van der Waals surface area contributed by atoms with E-state index in [4.69, 9.17) is 18.9 Å². The maximum atomic E-state index is 13.9. The third-order valence-corrected chi connectivity index (χ3v) is 6.81. The van der Waals surface area contributed by atoms with Gasteiger partial charge in [-0.2, -0.15) is 4.31 Å². The van der Waals surface area contributed by atoms with Crippen molar-refractivity contribution in [3.05, 3.63) is 48.3 Å². The molecule has 30 heavy (non-hydrogen) atoms. The number of rotatable bonds is 5. The van der Waals surface area contributed by atoms with Gasteiger partial charge in [-0.25, -0.2) is 12.8 Å². The van der Waals surface area contributed by atoms with E-state index in [2.05, 4.69) is 0 Å². The van der Waals surface area contributed by atoms with Gasteiger partial charge in [-0.05, 0) is 24.3 Å². The van der Waals surface area contributed by atoms with Crippen LogP contribution >= 0.6 is 0 Å². The van der Waals surface area contributed by atoms with Crippen molar-refractivity contribution in [1.82, 2.24) is 4.31 Å². The topological polar surface area (TPSA) is 91.4 Å². The van der Waals surface area contributed by atoms with Gasteiger partial charge in [-0.1, -0.05) is 12.1 Å². The Morgan fingerprint density at radius 3 is 2.60 bits per heavy atom. The number of hydrogen-bond acceptors (Lipinski definition) is 7. The fourth-order valence-electron chi connectivity index (χ4n) is 3.51. The number of ether oxygens (including phenoxy) is 4. The van der Waals surface area contributed by atoms with Gasteiger partial charge in [0.15, 0.2) is 23.1 Å². The molecule has 2 aromatic rings. The highest BCUT2D eigenvalue weighted by Crippen LogP contribution is 2.35. The average molecular weight is 437 g/mol. The van der Waals surface area contributed by atoms with Crippen LogP contribution in [-0.2, 0) is 19.6 Å². The molecular weight excluding hydrogens is 417 g/mol. The number of sulfonamides is 1. The van der Waals surface area contributed by atoms with Crippen LogP contribution in [0.15, 0.2) is 47.4 Å². The number of para-hydroxylation sites is 1. The minimum Gasteiger partial charge on any atom is -0.486 e. The molecule has 4 rings (SSSR count). The molecule has 10 heteroatoms. The van der Waals surface area contributed by atoms with Gasteiger partial charge >= 0.3 is 5.97 Å². The highest BCUT2D eigenvalue weighted by Gasteiger charge is 2.46. The summed E-state index contributed by atoms with van der Waals surface area (Å²) in [6, 6.07) is 8.99. The molecule has 160 valence electrons. The fraction of sp³-hybridized carbons (Fsp3) is 0.350. The summed E-state index contributed by atoms with van der Waals surface area (Å²) < 4.78 is 62.9. The third kappa shape index (κ3) is 3.80. The largest absolute Gasteiger partial charge is 0.486 e. The van der Waals surface area contributed by atoms with Crippen molar-refractivity contribution in [2.24, 2.45) is 0 Å². The number of methoxy groups -OCH3 is 1. The van der Waals surface area contributed by atoms with Crippen molar-refractivity contribution in [2.45, 2.75) is 23.5 Å². The van der Waals surface area contributed by atoms with Gasteiger partial charge in [0.25, 0.3) is 0 Å². The molecule has 0 saturated carbocycles. The number of carbonyl (C=O) groups excluding carboxylic acids is 1.